The van der Waals surface area contributed by atoms with Gasteiger partial charge < -0.3 is 15.2 Å². The molecule has 34 heavy (non-hydrogen) atoms. The summed E-state index contributed by atoms with van der Waals surface area (Å²) in [5.74, 6) is -1.32. The summed E-state index contributed by atoms with van der Waals surface area (Å²) >= 11 is 1.22. The Kier molecular flexibility index (Phi) is 6.21. The van der Waals surface area contributed by atoms with E-state index in [0.29, 0.717) is 33.3 Å². The second kappa shape index (κ2) is 9.11. The van der Waals surface area contributed by atoms with Gasteiger partial charge in [-0.1, -0.05) is 12.1 Å². The molecule has 0 spiro atoms. The van der Waals surface area contributed by atoms with E-state index < -0.39 is 23.5 Å². The maximum Gasteiger partial charge on any atom is 0.294 e. The topological polar surface area (TPSA) is 109 Å². The second-order valence-corrected chi connectivity index (χ2v) is 9.02. The molecule has 174 valence electrons. The van der Waals surface area contributed by atoms with Gasteiger partial charge in [-0.3, -0.25) is 19.3 Å². The average molecular weight is 478 g/mol. The fourth-order valence-corrected chi connectivity index (χ4v) is 4.85. The van der Waals surface area contributed by atoms with Crippen molar-refractivity contribution in [3.63, 3.8) is 0 Å². The number of thiazole rings is 1. The predicted molar refractivity (Wildman–Crippen MR) is 130 cm³/mol. The summed E-state index contributed by atoms with van der Waals surface area (Å²) in [5.41, 5.74) is 2.20. The Morgan fingerprint density at radius 1 is 1.09 bits per heavy atom. The van der Waals surface area contributed by atoms with Crippen LogP contribution in [0, 0.1) is 13.8 Å². The number of aliphatic hydroxyl groups excluding tert-OH is 1. The lowest BCUT2D eigenvalue weighted by Crippen LogP contribution is -2.31. The van der Waals surface area contributed by atoms with Crippen molar-refractivity contribution in [2.75, 3.05) is 17.3 Å². The van der Waals surface area contributed by atoms with Crippen LogP contribution in [0.3, 0.4) is 0 Å². The number of rotatable bonds is 6. The molecule has 0 bridgehead atoms. The molecule has 9 heteroatoms. The van der Waals surface area contributed by atoms with Crippen LogP contribution in [0.1, 0.15) is 38.9 Å². The lowest BCUT2D eigenvalue weighted by atomic mass is 9.94. The highest BCUT2D eigenvalue weighted by Gasteiger charge is 2.45. The van der Waals surface area contributed by atoms with Crippen molar-refractivity contribution in [3.05, 3.63) is 81.0 Å². The Balaban J connectivity index is 1.83. The van der Waals surface area contributed by atoms with E-state index in [9.17, 15) is 19.5 Å². The van der Waals surface area contributed by atoms with E-state index >= 15 is 0 Å². The van der Waals surface area contributed by atoms with Crippen LogP contribution in [-0.2, 0) is 9.59 Å². The SMILES string of the molecule is COc1ccc(C2C(C(=O)c3sc(C)nc3C)=C(O)C(=O)N2c2ccc(NC(C)=O)cc2)cc1. The van der Waals surface area contributed by atoms with Crippen molar-refractivity contribution in [3.8, 4) is 5.75 Å². The highest BCUT2D eigenvalue weighted by molar-refractivity contribution is 7.14. The highest BCUT2D eigenvalue weighted by Crippen LogP contribution is 2.43. The number of ether oxygens (including phenoxy) is 1. The smallest absolute Gasteiger partial charge is 0.294 e. The Morgan fingerprint density at radius 3 is 2.26 bits per heavy atom. The van der Waals surface area contributed by atoms with Crippen LogP contribution < -0.4 is 15.0 Å². The number of aromatic nitrogens is 1. The molecular formula is C25H23N3O5S. The minimum Gasteiger partial charge on any atom is -0.503 e. The first kappa shape index (κ1) is 23.2. The van der Waals surface area contributed by atoms with Crippen molar-refractivity contribution in [1.82, 2.24) is 4.98 Å². The molecule has 8 nitrogen and oxygen atoms in total. The van der Waals surface area contributed by atoms with Gasteiger partial charge >= 0.3 is 0 Å². The van der Waals surface area contributed by atoms with Gasteiger partial charge in [0.25, 0.3) is 5.91 Å². The van der Waals surface area contributed by atoms with Crippen molar-refractivity contribution in [1.29, 1.82) is 0 Å². The van der Waals surface area contributed by atoms with Gasteiger partial charge in [-0.2, -0.15) is 0 Å². The summed E-state index contributed by atoms with van der Waals surface area (Å²) in [6.45, 7) is 4.93. The molecule has 0 saturated carbocycles. The lowest BCUT2D eigenvalue weighted by Gasteiger charge is -2.27. The molecule has 1 aliphatic heterocycles. The van der Waals surface area contributed by atoms with Gasteiger partial charge in [-0.05, 0) is 55.8 Å². The summed E-state index contributed by atoms with van der Waals surface area (Å²) < 4.78 is 5.24. The Labute approximate surface area is 200 Å². The Bertz CT molecular complexity index is 1310. The van der Waals surface area contributed by atoms with Crippen LogP contribution in [0.5, 0.6) is 5.75 Å². The third-order valence-corrected chi connectivity index (χ3v) is 6.53. The zero-order valence-electron chi connectivity index (χ0n) is 19.1. The fourth-order valence-electron chi connectivity index (χ4n) is 3.98. The molecule has 1 aliphatic rings. The molecule has 2 N–H and O–H groups in total. The maximum absolute atomic E-state index is 13.6. The fraction of sp³-hybridized carbons (Fsp3) is 0.200. The van der Waals surface area contributed by atoms with Gasteiger partial charge in [0.2, 0.25) is 11.7 Å². The first-order valence-electron chi connectivity index (χ1n) is 10.5. The highest BCUT2D eigenvalue weighted by atomic mass is 32.1. The van der Waals surface area contributed by atoms with Crippen LogP contribution in [0.2, 0.25) is 0 Å². The van der Waals surface area contributed by atoms with Crippen LogP contribution in [0.4, 0.5) is 11.4 Å². The summed E-state index contributed by atoms with van der Waals surface area (Å²) in [6.07, 6.45) is 0. The van der Waals surface area contributed by atoms with Crippen LogP contribution >= 0.6 is 11.3 Å². The third-order valence-electron chi connectivity index (χ3n) is 5.46. The van der Waals surface area contributed by atoms with Gasteiger partial charge in [0.15, 0.2) is 5.76 Å². The van der Waals surface area contributed by atoms with E-state index in [2.05, 4.69) is 10.3 Å². The third kappa shape index (κ3) is 4.17. The van der Waals surface area contributed by atoms with E-state index in [1.54, 1.807) is 69.5 Å². The largest absolute Gasteiger partial charge is 0.503 e. The number of anilines is 2. The van der Waals surface area contributed by atoms with E-state index in [-0.39, 0.29) is 11.5 Å². The molecule has 2 amide bonds. The molecule has 0 radical (unpaired) electrons. The summed E-state index contributed by atoms with van der Waals surface area (Å²) in [6, 6.07) is 12.7. The number of aliphatic hydroxyl groups is 1. The number of benzene rings is 2. The number of hydrogen-bond donors (Lipinski definition) is 2. The number of Topliss-reactive ketones (excluding diaryl/α,β-unsaturated/α-hetero) is 1. The molecule has 0 saturated heterocycles. The van der Waals surface area contributed by atoms with Crippen molar-refractivity contribution in [2.45, 2.75) is 26.8 Å². The molecule has 4 rings (SSSR count). The van der Waals surface area contributed by atoms with Crippen LogP contribution in [-0.4, -0.2) is 34.8 Å². The normalized spacial score (nSPS) is 15.6. The second-order valence-electron chi connectivity index (χ2n) is 7.82. The maximum atomic E-state index is 13.6. The molecular weight excluding hydrogens is 454 g/mol. The van der Waals surface area contributed by atoms with E-state index in [1.165, 1.54) is 23.2 Å². The van der Waals surface area contributed by atoms with Gasteiger partial charge in [0.1, 0.15) is 5.75 Å². The Morgan fingerprint density at radius 2 is 1.74 bits per heavy atom. The van der Waals surface area contributed by atoms with Crippen molar-refractivity contribution in [2.24, 2.45) is 0 Å². The number of nitrogens with zero attached hydrogens (tertiary/aromatic N) is 2. The van der Waals surface area contributed by atoms with Crippen LogP contribution in [0.15, 0.2) is 59.9 Å². The first-order chi connectivity index (χ1) is 16.2. The van der Waals surface area contributed by atoms with Crippen LogP contribution in [0.25, 0.3) is 0 Å². The molecule has 1 aromatic heterocycles. The number of methoxy groups -OCH3 is 1. The quantitative estimate of drug-likeness (QED) is 0.506. The zero-order valence-corrected chi connectivity index (χ0v) is 19.9. The van der Waals surface area contributed by atoms with Gasteiger partial charge in [0.05, 0.1) is 34.3 Å². The molecule has 2 aromatic carbocycles. The number of amides is 2. The summed E-state index contributed by atoms with van der Waals surface area (Å²) in [4.78, 5) is 44.3. The van der Waals surface area contributed by atoms with Gasteiger partial charge in [-0.25, -0.2) is 4.98 Å². The molecule has 0 fully saturated rings. The number of carbonyl (C=O) groups is 3. The van der Waals surface area contributed by atoms with Gasteiger partial charge in [0, 0.05) is 18.3 Å². The van der Waals surface area contributed by atoms with Crippen molar-refractivity contribution < 1.29 is 24.2 Å². The monoisotopic (exact) mass is 477 g/mol. The minimum atomic E-state index is -0.862. The van der Waals surface area contributed by atoms with E-state index in [0.717, 1.165) is 5.01 Å². The number of carbonyl (C=O) groups excluding carboxylic acids is 3. The number of ketones is 1. The average Bonchev–Trinajstić information content (AvgIpc) is 3.29. The van der Waals surface area contributed by atoms with E-state index in [1.807, 2.05) is 0 Å². The molecule has 2 heterocycles. The van der Waals surface area contributed by atoms with Gasteiger partial charge in [-0.15, -0.1) is 11.3 Å². The zero-order chi connectivity index (χ0) is 24.6. The standard InChI is InChI=1S/C25H23N3O5S/c1-13-24(34-15(3)26-13)22(30)20-21(16-5-11-19(33-4)12-6-16)28(25(32)23(20)31)18-9-7-17(8-10-18)27-14(2)29/h5-12,21,31H,1-4H3,(H,27,29). The van der Waals surface area contributed by atoms with Crippen molar-refractivity contribution >= 4 is 40.3 Å². The molecule has 1 atom stereocenters. The minimum absolute atomic E-state index is 0.00662. The lowest BCUT2D eigenvalue weighted by molar-refractivity contribution is -0.117. The molecule has 1 unspecified atom stereocenters. The first-order valence-corrected chi connectivity index (χ1v) is 11.3. The number of hydrogen-bond acceptors (Lipinski definition) is 7. The predicted octanol–water partition coefficient (Wildman–Crippen LogP) is 4.51. The Hall–Kier alpha value is -3.98. The number of aryl methyl sites for hydroxylation is 2. The summed E-state index contributed by atoms with van der Waals surface area (Å²) in [5, 5.41) is 14.3. The summed E-state index contributed by atoms with van der Waals surface area (Å²) in [7, 11) is 1.55. The molecule has 3 aromatic rings. The molecule has 0 aliphatic carbocycles. The number of nitrogens with one attached hydrogen (secondary N) is 1. The van der Waals surface area contributed by atoms with E-state index in [4.69, 9.17) is 4.74 Å².